The van der Waals surface area contributed by atoms with Gasteiger partial charge < -0.3 is 0 Å². The first-order valence-corrected chi connectivity index (χ1v) is 3.24. The van der Waals surface area contributed by atoms with Gasteiger partial charge in [-0.1, -0.05) is 0 Å². The Morgan fingerprint density at radius 2 is 2.38 bits per heavy atom. The van der Waals surface area contributed by atoms with E-state index in [0.29, 0.717) is 11.6 Å². The molecular formula is C6H11NO. The molecule has 0 aromatic heterocycles. The van der Waals surface area contributed by atoms with Gasteiger partial charge in [0, 0.05) is 6.04 Å². The van der Waals surface area contributed by atoms with Gasteiger partial charge in [-0.05, 0) is 26.2 Å². The number of nitrogens with one attached hydrogen (secondary N) is 1. The molecule has 0 radical (unpaired) electrons. The van der Waals surface area contributed by atoms with Crippen molar-refractivity contribution in [2.45, 2.75) is 37.8 Å². The number of hydrogen-bond donors (Lipinski definition) is 1. The lowest BCUT2D eigenvalue weighted by molar-refractivity contribution is 0.0112. The Bertz CT molecular complexity index is 109. The number of hydroxylamine groups is 1. The fourth-order valence-corrected chi connectivity index (χ4v) is 1.31. The smallest absolute Gasteiger partial charge is 0.0914 e. The minimum Gasteiger partial charge on any atom is -0.295 e. The zero-order chi connectivity index (χ0) is 5.61. The first kappa shape index (κ1) is 4.77. The molecule has 0 amide bonds. The molecule has 1 unspecified atom stereocenters. The molecule has 1 atom stereocenters. The van der Waals surface area contributed by atoms with Gasteiger partial charge >= 0.3 is 0 Å². The highest BCUT2D eigenvalue weighted by Crippen LogP contribution is 2.45. The molecule has 1 aliphatic carbocycles. The molecule has 1 saturated carbocycles. The van der Waals surface area contributed by atoms with Crippen molar-refractivity contribution in [2.75, 3.05) is 0 Å². The number of hydrogen-bond acceptors (Lipinski definition) is 2. The van der Waals surface area contributed by atoms with Crippen molar-refractivity contribution < 1.29 is 4.84 Å². The molecule has 46 valence electrons. The van der Waals surface area contributed by atoms with Gasteiger partial charge in [0.15, 0.2) is 0 Å². The Morgan fingerprint density at radius 1 is 1.62 bits per heavy atom. The van der Waals surface area contributed by atoms with E-state index in [-0.39, 0.29) is 0 Å². The first-order valence-electron chi connectivity index (χ1n) is 3.24. The molecule has 0 aromatic carbocycles. The Morgan fingerprint density at radius 3 is 2.62 bits per heavy atom. The van der Waals surface area contributed by atoms with Crippen LogP contribution in [0.25, 0.3) is 0 Å². The lowest BCUT2D eigenvalue weighted by Crippen LogP contribution is -2.15. The van der Waals surface area contributed by atoms with E-state index in [1.165, 1.54) is 19.3 Å². The highest BCUT2D eigenvalue weighted by molar-refractivity contribution is 5.00. The molecule has 0 bridgehead atoms. The van der Waals surface area contributed by atoms with Gasteiger partial charge in [-0.3, -0.25) is 4.84 Å². The monoisotopic (exact) mass is 113 g/mol. The maximum Gasteiger partial charge on any atom is 0.0914 e. The summed E-state index contributed by atoms with van der Waals surface area (Å²) in [7, 11) is 0. The van der Waals surface area contributed by atoms with Gasteiger partial charge in [-0.15, -0.1) is 0 Å². The molecule has 8 heavy (non-hydrogen) atoms. The topological polar surface area (TPSA) is 21.3 Å². The van der Waals surface area contributed by atoms with Crippen LogP contribution in [0.4, 0.5) is 0 Å². The van der Waals surface area contributed by atoms with E-state index in [4.69, 9.17) is 4.84 Å². The van der Waals surface area contributed by atoms with E-state index in [0.717, 1.165) is 0 Å². The van der Waals surface area contributed by atoms with Crippen LogP contribution in [0.3, 0.4) is 0 Å². The van der Waals surface area contributed by atoms with Crippen molar-refractivity contribution in [3.8, 4) is 0 Å². The standard InChI is InChI=1S/C6H11NO/c1-5-4-6(2-3-6)8-7-5/h5,7H,2-4H2,1H3. The maximum atomic E-state index is 5.31. The Labute approximate surface area is 49.2 Å². The molecular weight excluding hydrogens is 102 g/mol. The minimum atomic E-state index is 0.305. The van der Waals surface area contributed by atoms with Crippen LogP contribution in [0.15, 0.2) is 0 Å². The van der Waals surface area contributed by atoms with E-state index < -0.39 is 0 Å². The third-order valence-corrected chi connectivity index (χ3v) is 1.96. The zero-order valence-corrected chi connectivity index (χ0v) is 5.11. The average molecular weight is 113 g/mol. The van der Waals surface area contributed by atoms with Crippen molar-refractivity contribution in [1.82, 2.24) is 5.48 Å². The summed E-state index contributed by atoms with van der Waals surface area (Å²) in [4.78, 5) is 5.31. The summed E-state index contributed by atoms with van der Waals surface area (Å²) in [6.45, 7) is 2.16. The largest absolute Gasteiger partial charge is 0.295 e. The molecule has 2 rings (SSSR count). The molecule has 2 heteroatoms. The summed E-state index contributed by atoms with van der Waals surface area (Å²) in [6.07, 6.45) is 3.75. The molecule has 1 heterocycles. The maximum absolute atomic E-state index is 5.31. The van der Waals surface area contributed by atoms with Crippen LogP contribution < -0.4 is 5.48 Å². The summed E-state index contributed by atoms with van der Waals surface area (Å²) in [5, 5.41) is 0. The van der Waals surface area contributed by atoms with Crippen molar-refractivity contribution in [3.63, 3.8) is 0 Å². The number of rotatable bonds is 0. The van der Waals surface area contributed by atoms with Gasteiger partial charge in [0.1, 0.15) is 0 Å². The van der Waals surface area contributed by atoms with Gasteiger partial charge in [0.05, 0.1) is 5.60 Å². The normalized spacial score (nSPS) is 40.9. The van der Waals surface area contributed by atoms with Crippen LogP contribution in [0, 0.1) is 0 Å². The van der Waals surface area contributed by atoms with Crippen LogP contribution in [0.5, 0.6) is 0 Å². The Balaban J connectivity index is 2.03. The molecule has 2 nitrogen and oxygen atoms in total. The van der Waals surface area contributed by atoms with Crippen LogP contribution in [-0.2, 0) is 4.84 Å². The third kappa shape index (κ3) is 0.565. The third-order valence-electron chi connectivity index (χ3n) is 1.96. The van der Waals surface area contributed by atoms with Crippen LogP contribution >= 0.6 is 0 Å². The van der Waals surface area contributed by atoms with Crippen molar-refractivity contribution in [2.24, 2.45) is 0 Å². The molecule has 1 aliphatic heterocycles. The summed E-state index contributed by atoms with van der Waals surface area (Å²) >= 11 is 0. The minimum absolute atomic E-state index is 0.305. The Hall–Kier alpha value is -0.0800. The van der Waals surface area contributed by atoms with E-state index in [2.05, 4.69) is 12.4 Å². The van der Waals surface area contributed by atoms with Gasteiger partial charge in [0.2, 0.25) is 0 Å². The van der Waals surface area contributed by atoms with Gasteiger partial charge in [-0.2, -0.15) is 5.48 Å². The van der Waals surface area contributed by atoms with Crippen molar-refractivity contribution in [1.29, 1.82) is 0 Å². The van der Waals surface area contributed by atoms with E-state index in [1.54, 1.807) is 0 Å². The summed E-state index contributed by atoms with van der Waals surface area (Å²) in [5.41, 5.74) is 3.28. The van der Waals surface area contributed by atoms with Gasteiger partial charge in [0.25, 0.3) is 0 Å². The summed E-state index contributed by atoms with van der Waals surface area (Å²) in [6, 6.07) is 0.581. The van der Waals surface area contributed by atoms with E-state index in [9.17, 15) is 0 Å². The first-order chi connectivity index (χ1) is 3.81. The highest BCUT2D eigenvalue weighted by Gasteiger charge is 2.49. The van der Waals surface area contributed by atoms with Gasteiger partial charge in [-0.25, -0.2) is 0 Å². The molecule has 1 spiro atoms. The van der Waals surface area contributed by atoms with E-state index in [1.807, 2.05) is 0 Å². The highest BCUT2D eigenvalue weighted by atomic mass is 16.7. The molecule has 0 aromatic rings. The summed E-state index contributed by atoms with van der Waals surface area (Å²) < 4.78 is 0. The molecule has 2 aliphatic rings. The van der Waals surface area contributed by atoms with Crippen LogP contribution in [0.2, 0.25) is 0 Å². The lowest BCUT2D eigenvalue weighted by atomic mass is 10.1. The summed E-state index contributed by atoms with van der Waals surface area (Å²) in [5.74, 6) is 0. The lowest BCUT2D eigenvalue weighted by Gasteiger charge is -1.98. The van der Waals surface area contributed by atoms with Crippen LogP contribution in [-0.4, -0.2) is 11.6 Å². The van der Waals surface area contributed by atoms with E-state index >= 15 is 0 Å². The van der Waals surface area contributed by atoms with Crippen molar-refractivity contribution in [3.05, 3.63) is 0 Å². The second kappa shape index (κ2) is 1.25. The fourth-order valence-electron chi connectivity index (χ4n) is 1.31. The predicted octanol–water partition coefficient (Wildman–Crippen LogP) is 0.832. The predicted molar refractivity (Wildman–Crippen MR) is 30.3 cm³/mol. The fraction of sp³-hybridized carbons (Fsp3) is 1.00. The zero-order valence-electron chi connectivity index (χ0n) is 5.11. The molecule has 2 fully saturated rings. The Kier molecular flexibility index (Phi) is 0.746. The molecule has 1 saturated heterocycles. The second-order valence-electron chi connectivity index (χ2n) is 3.01. The molecule has 1 N–H and O–H groups in total. The average Bonchev–Trinajstić information content (AvgIpc) is 2.34. The van der Waals surface area contributed by atoms with Crippen LogP contribution in [0.1, 0.15) is 26.2 Å². The quantitative estimate of drug-likeness (QED) is 0.502. The second-order valence-corrected chi connectivity index (χ2v) is 3.01. The van der Waals surface area contributed by atoms with Crippen molar-refractivity contribution >= 4 is 0 Å². The SMILES string of the molecule is CC1CC2(CC2)ON1.